The van der Waals surface area contributed by atoms with Crippen LogP contribution in [0.1, 0.15) is 48.5 Å². The van der Waals surface area contributed by atoms with Crippen LogP contribution in [0.5, 0.6) is 0 Å². The van der Waals surface area contributed by atoms with Crippen LogP contribution >= 0.6 is 11.6 Å². The molecular weight excluding hydrogens is 258 g/mol. The fourth-order valence-corrected chi connectivity index (χ4v) is 3.26. The van der Waals surface area contributed by atoms with Gasteiger partial charge in [-0.25, -0.2) is 0 Å². The fourth-order valence-electron chi connectivity index (χ4n) is 2.95. The maximum Gasteiger partial charge on any atom is 0.251 e. The lowest BCUT2D eigenvalue weighted by atomic mass is 9.77. The molecule has 2 nitrogen and oxygen atoms in total. The largest absolute Gasteiger partial charge is 0.345 e. The van der Waals surface area contributed by atoms with E-state index in [0.717, 1.165) is 24.8 Å². The van der Waals surface area contributed by atoms with E-state index in [-0.39, 0.29) is 11.4 Å². The predicted octanol–water partition coefficient (Wildman–Crippen LogP) is 3.91. The van der Waals surface area contributed by atoms with Crippen molar-refractivity contribution in [1.82, 2.24) is 5.32 Å². The normalized spacial score (nSPS) is 27.0. The predicted molar refractivity (Wildman–Crippen MR) is 79.7 cm³/mol. The van der Waals surface area contributed by atoms with Crippen molar-refractivity contribution in [3.05, 3.63) is 35.4 Å². The van der Waals surface area contributed by atoms with E-state index in [2.05, 4.69) is 12.2 Å². The zero-order valence-corrected chi connectivity index (χ0v) is 12.5. The molecule has 0 aliphatic heterocycles. The van der Waals surface area contributed by atoms with Crippen LogP contribution in [0.2, 0.25) is 0 Å². The minimum Gasteiger partial charge on any atom is -0.345 e. The summed E-state index contributed by atoms with van der Waals surface area (Å²) in [6, 6.07) is 7.68. The molecule has 19 heavy (non-hydrogen) atoms. The summed E-state index contributed by atoms with van der Waals surface area (Å²) in [5.74, 6) is 1.12. The van der Waals surface area contributed by atoms with Crippen LogP contribution in [-0.4, -0.2) is 17.3 Å². The molecule has 2 unspecified atom stereocenters. The molecular formula is C16H22ClNO. The highest BCUT2D eigenvalue weighted by molar-refractivity contribution is 6.19. The van der Waals surface area contributed by atoms with Gasteiger partial charge < -0.3 is 5.32 Å². The smallest absolute Gasteiger partial charge is 0.251 e. The summed E-state index contributed by atoms with van der Waals surface area (Å²) in [6.07, 6.45) is 4.34. The molecule has 2 rings (SSSR count). The number of halogens is 1. The van der Waals surface area contributed by atoms with Gasteiger partial charge in [0.05, 0.1) is 5.54 Å². The SMILES string of the molecule is Cc1ccc(C(=O)NC2(CCl)CCCC(C)C2)cc1. The summed E-state index contributed by atoms with van der Waals surface area (Å²) in [6.45, 7) is 4.25. The van der Waals surface area contributed by atoms with E-state index in [1.165, 1.54) is 6.42 Å². The lowest BCUT2D eigenvalue weighted by Crippen LogP contribution is -2.52. The molecule has 1 saturated carbocycles. The van der Waals surface area contributed by atoms with E-state index < -0.39 is 0 Å². The molecule has 0 aromatic heterocycles. The minimum atomic E-state index is -0.221. The molecule has 1 aliphatic rings. The van der Waals surface area contributed by atoms with E-state index in [1.54, 1.807) is 0 Å². The van der Waals surface area contributed by atoms with Crippen LogP contribution in [0.25, 0.3) is 0 Å². The third-order valence-corrected chi connectivity index (χ3v) is 4.55. The van der Waals surface area contributed by atoms with Gasteiger partial charge in [-0.3, -0.25) is 4.79 Å². The Kier molecular flexibility index (Phi) is 4.51. The average Bonchev–Trinajstić information content (AvgIpc) is 2.39. The van der Waals surface area contributed by atoms with Crippen molar-refractivity contribution >= 4 is 17.5 Å². The van der Waals surface area contributed by atoms with Gasteiger partial charge in [0.15, 0.2) is 0 Å². The zero-order chi connectivity index (χ0) is 13.9. The van der Waals surface area contributed by atoms with Crippen molar-refractivity contribution in [1.29, 1.82) is 0 Å². The van der Waals surface area contributed by atoms with E-state index in [0.29, 0.717) is 17.4 Å². The molecule has 1 N–H and O–H groups in total. The third kappa shape index (κ3) is 3.50. The Labute approximate surface area is 120 Å². The average molecular weight is 280 g/mol. The summed E-state index contributed by atoms with van der Waals surface area (Å²) in [4.78, 5) is 12.3. The molecule has 3 heteroatoms. The summed E-state index contributed by atoms with van der Waals surface area (Å²) < 4.78 is 0. The molecule has 1 fully saturated rings. The highest BCUT2D eigenvalue weighted by Gasteiger charge is 2.35. The Morgan fingerprint density at radius 2 is 2.11 bits per heavy atom. The van der Waals surface area contributed by atoms with Crippen LogP contribution in [0.15, 0.2) is 24.3 Å². The highest BCUT2D eigenvalue weighted by Crippen LogP contribution is 2.33. The molecule has 1 aromatic rings. The molecule has 2 atom stereocenters. The van der Waals surface area contributed by atoms with Crippen LogP contribution in [0, 0.1) is 12.8 Å². The van der Waals surface area contributed by atoms with E-state index >= 15 is 0 Å². The Morgan fingerprint density at radius 3 is 2.68 bits per heavy atom. The van der Waals surface area contributed by atoms with Crippen molar-refractivity contribution in [3.63, 3.8) is 0 Å². The summed E-state index contributed by atoms with van der Waals surface area (Å²) in [5.41, 5.74) is 1.66. The highest BCUT2D eigenvalue weighted by atomic mass is 35.5. The van der Waals surface area contributed by atoms with Gasteiger partial charge in [-0.2, -0.15) is 0 Å². The van der Waals surface area contributed by atoms with E-state index in [9.17, 15) is 4.79 Å². The Balaban J connectivity index is 2.09. The second-order valence-electron chi connectivity index (χ2n) is 5.94. The van der Waals surface area contributed by atoms with Crippen molar-refractivity contribution < 1.29 is 4.79 Å². The van der Waals surface area contributed by atoms with Crippen LogP contribution in [0.4, 0.5) is 0 Å². The molecule has 0 heterocycles. The van der Waals surface area contributed by atoms with Gasteiger partial charge in [-0.1, -0.05) is 37.5 Å². The molecule has 0 radical (unpaired) electrons. The number of alkyl halides is 1. The first-order chi connectivity index (χ1) is 9.04. The Hall–Kier alpha value is -1.02. The number of nitrogens with one attached hydrogen (secondary N) is 1. The number of aryl methyl sites for hydroxylation is 1. The molecule has 104 valence electrons. The first-order valence-corrected chi connectivity index (χ1v) is 7.53. The van der Waals surface area contributed by atoms with Crippen LogP contribution in [-0.2, 0) is 0 Å². The van der Waals surface area contributed by atoms with Crippen LogP contribution < -0.4 is 5.32 Å². The second-order valence-corrected chi connectivity index (χ2v) is 6.20. The van der Waals surface area contributed by atoms with Crippen LogP contribution in [0.3, 0.4) is 0 Å². The molecule has 1 aromatic carbocycles. The monoisotopic (exact) mass is 279 g/mol. The number of hydrogen-bond acceptors (Lipinski definition) is 1. The lowest BCUT2D eigenvalue weighted by Gasteiger charge is -2.39. The van der Waals surface area contributed by atoms with E-state index in [4.69, 9.17) is 11.6 Å². The first kappa shape index (κ1) is 14.4. The maximum atomic E-state index is 12.3. The number of carbonyl (C=O) groups is 1. The van der Waals surface area contributed by atoms with E-state index in [1.807, 2.05) is 31.2 Å². The van der Waals surface area contributed by atoms with Gasteiger partial charge in [0.1, 0.15) is 0 Å². The molecule has 0 spiro atoms. The van der Waals surface area contributed by atoms with Gasteiger partial charge in [0.25, 0.3) is 5.91 Å². The summed E-state index contributed by atoms with van der Waals surface area (Å²) in [5, 5.41) is 3.18. The topological polar surface area (TPSA) is 29.1 Å². The molecule has 0 bridgehead atoms. The van der Waals surface area contributed by atoms with Crippen molar-refractivity contribution in [2.75, 3.05) is 5.88 Å². The lowest BCUT2D eigenvalue weighted by molar-refractivity contribution is 0.0867. The molecule has 1 aliphatic carbocycles. The number of amides is 1. The number of benzene rings is 1. The number of carbonyl (C=O) groups excluding carboxylic acids is 1. The summed E-state index contributed by atoms with van der Waals surface area (Å²) >= 11 is 6.14. The summed E-state index contributed by atoms with van der Waals surface area (Å²) in [7, 11) is 0. The quantitative estimate of drug-likeness (QED) is 0.835. The standard InChI is InChI=1S/C16H22ClNO/c1-12-5-7-14(8-6-12)15(19)18-16(11-17)9-3-4-13(2)10-16/h5-8,13H,3-4,9-11H2,1-2H3,(H,18,19). The number of hydrogen-bond donors (Lipinski definition) is 1. The number of rotatable bonds is 3. The third-order valence-electron chi connectivity index (χ3n) is 4.04. The maximum absolute atomic E-state index is 12.3. The van der Waals surface area contributed by atoms with Crippen molar-refractivity contribution in [3.8, 4) is 0 Å². The van der Waals surface area contributed by atoms with Gasteiger partial charge in [0, 0.05) is 11.4 Å². The molecule has 1 amide bonds. The Morgan fingerprint density at radius 1 is 1.42 bits per heavy atom. The van der Waals surface area contributed by atoms with Crippen molar-refractivity contribution in [2.24, 2.45) is 5.92 Å². The van der Waals surface area contributed by atoms with Gasteiger partial charge in [-0.05, 0) is 37.8 Å². The zero-order valence-electron chi connectivity index (χ0n) is 11.7. The van der Waals surface area contributed by atoms with Gasteiger partial charge >= 0.3 is 0 Å². The molecule has 0 saturated heterocycles. The first-order valence-electron chi connectivity index (χ1n) is 7.00. The fraction of sp³-hybridized carbons (Fsp3) is 0.562. The minimum absolute atomic E-state index is 0.00486. The Bertz CT molecular complexity index is 443. The van der Waals surface area contributed by atoms with Gasteiger partial charge in [-0.15, -0.1) is 11.6 Å². The second kappa shape index (κ2) is 5.96. The van der Waals surface area contributed by atoms with Crippen molar-refractivity contribution in [2.45, 2.75) is 45.1 Å². The van der Waals surface area contributed by atoms with Gasteiger partial charge in [0.2, 0.25) is 0 Å².